The molecule has 0 radical (unpaired) electrons. The van der Waals surface area contributed by atoms with E-state index in [1.807, 2.05) is 6.92 Å². The van der Waals surface area contributed by atoms with Gasteiger partial charge >= 0.3 is 5.97 Å². The molecule has 1 aliphatic carbocycles. The van der Waals surface area contributed by atoms with Crippen LogP contribution in [0.15, 0.2) is 0 Å². The van der Waals surface area contributed by atoms with Gasteiger partial charge in [0.1, 0.15) is 6.10 Å². The molecule has 0 aromatic carbocycles. The summed E-state index contributed by atoms with van der Waals surface area (Å²) in [7, 11) is 0. The van der Waals surface area contributed by atoms with Crippen molar-refractivity contribution in [3.8, 4) is 0 Å². The lowest BCUT2D eigenvalue weighted by molar-refractivity contribution is -0.146. The number of rotatable bonds is 0. The Bertz CT molecular complexity index is 190. The molecule has 1 saturated heterocycles. The molecule has 4 atom stereocenters. The number of hydrogen-bond donors (Lipinski definition) is 1. The monoisotopic (exact) mass is 156 g/mol. The maximum Gasteiger partial charge on any atom is 0.309 e. The van der Waals surface area contributed by atoms with E-state index in [4.69, 9.17) is 4.74 Å². The number of ether oxygens (including phenoxy) is 1. The van der Waals surface area contributed by atoms with Gasteiger partial charge in [0.15, 0.2) is 0 Å². The van der Waals surface area contributed by atoms with Crippen molar-refractivity contribution < 1.29 is 14.6 Å². The van der Waals surface area contributed by atoms with Gasteiger partial charge < -0.3 is 9.84 Å². The Hall–Kier alpha value is -0.570. The van der Waals surface area contributed by atoms with E-state index in [1.165, 1.54) is 0 Å². The molecule has 62 valence electrons. The fourth-order valence-corrected chi connectivity index (χ4v) is 2.03. The third-order valence-corrected chi connectivity index (χ3v) is 2.74. The summed E-state index contributed by atoms with van der Waals surface area (Å²) in [6, 6.07) is 0. The zero-order valence-corrected chi connectivity index (χ0v) is 6.49. The van der Waals surface area contributed by atoms with Crippen LogP contribution in [-0.4, -0.2) is 23.3 Å². The lowest BCUT2D eigenvalue weighted by Crippen LogP contribution is -2.35. The van der Waals surface area contributed by atoms with Crippen molar-refractivity contribution in [1.82, 2.24) is 0 Å². The van der Waals surface area contributed by atoms with Gasteiger partial charge in [-0.1, -0.05) is 6.92 Å². The fourth-order valence-electron chi connectivity index (χ4n) is 2.03. The molecule has 2 fully saturated rings. The molecular formula is C8H12O3. The van der Waals surface area contributed by atoms with Crippen molar-refractivity contribution in [2.75, 3.05) is 0 Å². The first kappa shape index (κ1) is 7.10. The molecule has 3 unspecified atom stereocenters. The van der Waals surface area contributed by atoms with Gasteiger partial charge in [0.25, 0.3) is 0 Å². The minimum Gasteiger partial charge on any atom is -0.459 e. The van der Waals surface area contributed by atoms with Crippen molar-refractivity contribution >= 4 is 5.97 Å². The molecule has 3 heteroatoms. The van der Waals surface area contributed by atoms with E-state index in [0.29, 0.717) is 0 Å². The Morgan fingerprint density at radius 3 is 3.00 bits per heavy atom. The first-order valence-electron chi connectivity index (χ1n) is 4.07. The number of aliphatic hydroxyl groups is 1. The van der Waals surface area contributed by atoms with Crippen LogP contribution < -0.4 is 0 Å². The second-order valence-electron chi connectivity index (χ2n) is 3.61. The molecule has 2 bridgehead atoms. The standard InChI is InChI=1S/C8H12O3/c1-4-2-5-3-6(7(4)9)11-8(5)10/h4-7,9H,2-3H2,1H3/t4-,5?,6?,7?/m0/s1. The minimum atomic E-state index is -0.433. The molecule has 1 N–H and O–H groups in total. The van der Waals surface area contributed by atoms with E-state index in [1.54, 1.807) is 0 Å². The van der Waals surface area contributed by atoms with Gasteiger partial charge in [0.2, 0.25) is 0 Å². The van der Waals surface area contributed by atoms with Crippen LogP contribution in [0.1, 0.15) is 19.8 Å². The molecule has 11 heavy (non-hydrogen) atoms. The summed E-state index contributed by atoms with van der Waals surface area (Å²) in [5.41, 5.74) is 0. The topological polar surface area (TPSA) is 46.5 Å². The van der Waals surface area contributed by atoms with E-state index >= 15 is 0 Å². The van der Waals surface area contributed by atoms with E-state index in [9.17, 15) is 9.90 Å². The number of fused-ring (bicyclic) bond motifs is 2. The lowest BCUT2D eigenvalue weighted by Gasteiger charge is -2.26. The molecule has 2 aliphatic rings. The zero-order valence-electron chi connectivity index (χ0n) is 6.49. The maximum atomic E-state index is 11.0. The van der Waals surface area contributed by atoms with Crippen LogP contribution in [0.25, 0.3) is 0 Å². The second-order valence-corrected chi connectivity index (χ2v) is 3.61. The molecule has 1 saturated carbocycles. The fraction of sp³-hybridized carbons (Fsp3) is 0.875. The number of carbonyl (C=O) groups is 1. The highest BCUT2D eigenvalue weighted by Crippen LogP contribution is 2.37. The summed E-state index contributed by atoms with van der Waals surface area (Å²) < 4.78 is 4.98. The maximum absolute atomic E-state index is 11.0. The molecule has 0 aromatic heterocycles. The van der Waals surface area contributed by atoms with Gasteiger partial charge in [-0.25, -0.2) is 0 Å². The average molecular weight is 156 g/mol. The highest BCUT2D eigenvalue weighted by Gasteiger charge is 2.45. The van der Waals surface area contributed by atoms with Gasteiger partial charge in [-0.05, 0) is 12.3 Å². The average Bonchev–Trinajstić information content (AvgIpc) is 2.26. The van der Waals surface area contributed by atoms with E-state index in [2.05, 4.69) is 0 Å². The quantitative estimate of drug-likeness (QED) is 0.514. The summed E-state index contributed by atoms with van der Waals surface area (Å²) in [4.78, 5) is 11.0. The summed E-state index contributed by atoms with van der Waals surface area (Å²) >= 11 is 0. The largest absolute Gasteiger partial charge is 0.459 e. The van der Waals surface area contributed by atoms with Crippen LogP contribution in [-0.2, 0) is 9.53 Å². The molecular weight excluding hydrogens is 144 g/mol. The van der Waals surface area contributed by atoms with Gasteiger partial charge in [-0.15, -0.1) is 0 Å². The first-order valence-corrected chi connectivity index (χ1v) is 4.07. The van der Waals surface area contributed by atoms with E-state index in [0.717, 1.165) is 12.8 Å². The Morgan fingerprint density at radius 1 is 1.55 bits per heavy atom. The number of hydrogen-bond acceptors (Lipinski definition) is 3. The second kappa shape index (κ2) is 2.21. The highest BCUT2D eigenvalue weighted by atomic mass is 16.6. The lowest BCUT2D eigenvalue weighted by atomic mass is 9.81. The van der Waals surface area contributed by atoms with Crippen LogP contribution in [0, 0.1) is 11.8 Å². The van der Waals surface area contributed by atoms with Crippen LogP contribution >= 0.6 is 0 Å². The van der Waals surface area contributed by atoms with Crippen molar-refractivity contribution in [3.05, 3.63) is 0 Å². The summed E-state index contributed by atoms with van der Waals surface area (Å²) in [6.45, 7) is 1.96. The third-order valence-electron chi connectivity index (χ3n) is 2.74. The molecule has 0 amide bonds. The Labute approximate surface area is 65.4 Å². The van der Waals surface area contributed by atoms with Crippen LogP contribution in [0.4, 0.5) is 0 Å². The van der Waals surface area contributed by atoms with E-state index < -0.39 is 6.10 Å². The molecule has 0 aromatic rings. The van der Waals surface area contributed by atoms with Gasteiger partial charge in [-0.3, -0.25) is 4.79 Å². The third kappa shape index (κ3) is 0.948. The molecule has 3 nitrogen and oxygen atoms in total. The van der Waals surface area contributed by atoms with Gasteiger partial charge in [0, 0.05) is 6.42 Å². The zero-order chi connectivity index (χ0) is 8.01. The molecule has 1 aliphatic heterocycles. The van der Waals surface area contributed by atoms with Crippen molar-refractivity contribution in [3.63, 3.8) is 0 Å². The van der Waals surface area contributed by atoms with Crippen LogP contribution in [0.3, 0.4) is 0 Å². The Balaban J connectivity index is 2.18. The van der Waals surface area contributed by atoms with Gasteiger partial charge in [-0.2, -0.15) is 0 Å². The number of carbonyl (C=O) groups excluding carboxylic acids is 1. The molecule has 0 spiro atoms. The molecule has 1 heterocycles. The minimum absolute atomic E-state index is 0.0680. The summed E-state index contributed by atoms with van der Waals surface area (Å²) in [6.07, 6.45) is 0.870. The predicted molar refractivity (Wildman–Crippen MR) is 37.8 cm³/mol. The molecule has 2 rings (SSSR count). The normalized spacial score (nSPS) is 49.1. The van der Waals surface area contributed by atoms with Crippen molar-refractivity contribution in [2.45, 2.75) is 32.0 Å². The SMILES string of the molecule is C[C@H]1CC2CC(OC2=O)C1O. The van der Waals surface area contributed by atoms with Crippen molar-refractivity contribution in [2.24, 2.45) is 11.8 Å². The smallest absolute Gasteiger partial charge is 0.309 e. The van der Waals surface area contributed by atoms with Crippen molar-refractivity contribution in [1.29, 1.82) is 0 Å². The Kier molecular flexibility index (Phi) is 1.42. The van der Waals surface area contributed by atoms with Gasteiger partial charge in [0.05, 0.1) is 12.0 Å². The summed E-state index contributed by atoms with van der Waals surface area (Å²) in [5, 5.41) is 9.50. The highest BCUT2D eigenvalue weighted by molar-refractivity contribution is 5.75. The predicted octanol–water partition coefficient (Wildman–Crippen LogP) is 0.319. The Morgan fingerprint density at radius 2 is 2.27 bits per heavy atom. The van der Waals surface area contributed by atoms with E-state index in [-0.39, 0.29) is 23.9 Å². The number of esters is 1. The van der Waals surface area contributed by atoms with Crippen LogP contribution in [0.2, 0.25) is 0 Å². The number of aliphatic hydroxyl groups excluding tert-OH is 1. The summed E-state index contributed by atoms with van der Waals surface area (Å²) in [5.74, 6) is 0.169. The van der Waals surface area contributed by atoms with Crippen LogP contribution in [0.5, 0.6) is 0 Å². The first-order chi connectivity index (χ1) is 5.18.